The third kappa shape index (κ3) is 6.22. The third-order valence-corrected chi connectivity index (χ3v) is 4.46. The van der Waals surface area contributed by atoms with Crippen LogP contribution in [0, 0.1) is 20.8 Å². The van der Waals surface area contributed by atoms with E-state index in [9.17, 15) is 14.4 Å². The second-order valence-corrected chi connectivity index (χ2v) is 6.82. The molecule has 142 valence electrons. The zero-order valence-corrected chi connectivity index (χ0v) is 16.4. The van der Waals surface area contributed by atoms with E-state index in [4.69, 9.17) is 16.3 Å². The molecule has 0 aliphatic rings. The number of carbonyl (C=O) groups is 3. The largest absolute Gasteiger partial charge is 0.456 e. The van der Waals surface area contributed by atoms with Gasteiger partial charge in [0.1, 0.15) is 0 Å². The molecule has 0 atom stereocenters. The highest BCUT2D eigenvalue weighted by atomic mass is 35.5. The maximum absolute atomic E-state index is 12.2. The highest BCUT2D eigenvalue weighted by Gasteiger charge is 2.13. The highest BCUT2D eigenvalue weighted by molar-refractivity contribution is 6.33. The van der Waals surface area contributed by atoms with Gasteiger partial charge in [-0.05, 0) is 55.7 Å². The van der Waals surface area contributed by atoms with Crippen molar-refractivity contribution in [1.82, 2.24) is 0 Å². The van der Waals surface area contributed by atoms with Gasteiger partial charge in [0.2, 0.25) is 0 Å². The van der Waals surface area contributed by atoms with Gasteiger partial charge < -0.3 is 10.1 Å². The van der Waals surface area contributed by atoms with Crippen LogP contribution in [-0.2, 0) is 14.3 Å². The van der Waals surface area contributed by atoms with E-state index in [0.717, 1.165) is 16.7 Å². The number of benzene rings is 2. The molecule has 0 aliphatic heterocycles. The van der Waals surface area contributed by atoms with Crippen molar-refractivity contribution in [2.24, 2.45) is 0 Å². The lowest BCUT2D eigenvalue weighted by molar-refractivity contribution is -0.147. The first-order valence-electron chi connectivity index (χ1n) is 8.58. The maximum atomic E-state index is 12.2. The van der Waals surface area contributed by atoms with Gasteiger partial charge in [0.25, 0.3) is 5.91 Å². The quantitative estimate of drug-likeness (QED) is 0.564. The fourth-order valence-corrected chi connectivity index (χ4v) is 2.68. The van der Waals surface area contributed by atoms with E-state index in [2.05, 4.69) is 5.32 Å². The zero-order valence-electron chi connectivity index (χ0n) is 15.6. The molecule has 0 saturated heterocycles. The molecule has 5 nitrogen and oxygen atoms in total. The van der Waals surface area contributed by atoms with Gasteiger partial charge in [-0.15, -0.1) is 0 Å². The Bertz CT molecular complexity index is 876. The van der Waals surface area contributed by atoms with Crippen LogP contribution < -0.4 is 5.32 Å². The molecule has 2 rings (SSSR count). The Morgan fingerprint density at radius 1 is 0.963 bits per heavy atom. The molecule has 1 N–H and O–H groups in total. The van der Waals surface area contributed by atoms with Crippen molar-refractivity contribution >= 4 is 34.9 Å². The van der Waals surface area contributed by atoms with Crippen LogP contribution in [0.2, 0.25) is 5.02 Å². The molecule has 0 aromatic heterocycles. The summed E-state index contributed by atoms with van der Waals surface area (Å²) in [5.74, 6) is -1.22. The molecule has 0 saturated carbocycles. The predicted octanol–water partition coefficient (Wildman–Crippen LogP) is 4.41. The summed E-state index contributed by atoms with van der Waals surface area (Å²) in [4.78, 5) is 35.8. The second-order valence-electron chi connectivity index (χ2n) is 6.41. The van der Waals surface area contributed by atoms with E-state index >= 15 is 0 Å². The number of anilines is 1. The second kappa shape index (κ2) is 9.33. The van der Waals surface area contributed by atoms with Gasteiger partial charge in [-0.25, -0.2) is 0 Å². The van der Waals surface area contributed by atoms with Crippen LogP contribution in [0.5, 0.6) is 0 Å². The third-order valence-electron chi connectivity index (χ3n) is 4.15. The molecule has 1 amide bonds. The zero-order chi connectivity index (χ0) is 20.0. The summed E-state index contributed by atoms with van der Waals surface area (Å²) in [7, 11) is 0. The van der Waals surface area contributed by atoms with Crippen molar-refractivity contribution in [3.63, 3.8) is 0 Å². The minimum Gasteiger partial charge on any atom is -0.456 e. The van der Waals surface area contributed by atoms with Crippen LogP contribution in [0.1, 0.15) is 39.9 Å². The van der Waals surface area contributed by atoms with Gasteiger partial charge in [-0.1, -0.05) is 29.8 Å². The molecule has 0 aliphatic carbocycles. The summed E-state index contributed by atoms with van der Waals surface area (Å²) in [5, 5.41) is 2.99. The van der Waals surface area contributed by atoms with Crippen molar-refractivity contribution < 1.29 is 19.1 Å². The summed E-state index contributed by atoms with van der Waals surface area (Å²) in [6, 6.07) is 10.6. The molecule has 0 spiro atoms. The first-order valence-corrected chi connectivity index (χ1v) is 8.96. The number of rotatable bonds is 7. The average molecular weight is 388 g/mol. The number of carbonyl (C=O) groups excluding carboxylic acids is 3. The Labute approximate surface area is 163 Å². The topological polar surface area (TPSA) is 72.5 Å². The van der Waals surface area contributed by atoms with Gasteiger partial charge in [0.05, 0.1) is 17.1 Å². The molecule has 2 aromatic rings. The van der Waals surface area contributed by atoms with Crippen molar-refractivity contribution in [3.05, 3.63) is 63.7 Å². The summed E-state index contributed by atoms with van der Waals surface area (Å²) in [5.41, 5.74) is 4.12. The lowest BCUT2D eigenvalue weighted by atomic mass is 10.0. The minimum absolute atomic E-state index is 0.0345. The number of Topliss-reactive ketones (excluding diaryl/α,β-unsaturated/α-hetero) is 1. The molecule has 0 bridgehead atoms. The smallest absolute Gasteiger partial charge is 0.306 e. The number of ether oxygens (including phenoxy) is 1. The van der Waals surface area contributed by atoms with Crippen molar-refractivity contribution in [2.45, 2.75) is 33.6 Å². The number of aryl methyl sites for hydroxylation is 3. The molecular formula is C21H22ClNO4. The van der Waals surface area contributed by atoms with Crippen LogP contribution in [-0.4, -0.2) is 24.3 Å². The normalized spacial score (nSPS) is 10.4. The molecule has 27 heavy (non-hydrogen) atoms. The van der Waals surface area contributed by atoms with Gasteiger partial charge in [0, 0.05) is 12.0 Å². The van der Waals surface area contributed by atoms with Crippen LogP contribution >= 0.6 is 11.6 Å². The van der Waals surface area contributed by atoms with Gasteiger partial charge in [-0.3, -0.25) is 14.4 Å². The van der Waals surface area contributed by atoms with E-state index in [1.54, 1.807) is 18.2 Å². The number of esters is 1. The van der Waals surface area contributed by atoms with Gasteiger partial charge >= 0.3 is 5.97 Å². The Hall–Kier alpha value is -2.66. The molecule has 6 heteroatoms. The number of hydrogen-bond acceptors (Lipinski definition) is 4. The van der Waals surface area contributed by atoms with E-state index in [1.165, 1.54) is 0 Å². The summed E-state index contributed by atoms with van der Waals surface area (Å²) in [6.45, 7) is 5.36. The Morgan fingerprint density at radius 2 is 1.70 bits per heavy atom. The van der Waals surface area contributed by atoms with E-state index in [1.807, 2.05) is 39.0 Å². The average Bonchev–Trinajstić information content (AvgIpc) is 2.62. The van der Waals surface area contributed by atoms with Crippen molar-refractivity contribution in [2.75, 3.05) is 11.9 Å². The van der Waals surface area contributed by atoms with Crippen LogP contribution in [0.25, 0.3) is 0 Å². The number of halogens is 1. The van der Waals surface area contributed by atoms with Crippen molar-refractivity contribution in [3.8, 4) is 0 Å². The SMILES string of the molecule is Cc1ccc(NC(=O)COC(=O)CCC(=O)c2ccc(C)c(C)c2)c(Cl)c1. The molecular weight excluding hydrogens is 366 g/mol. The number of hydrogen-bond donors (Lipinski definition) is 1. The number of amides is 1. The van der Waals surface area contributed by atoms with Crippen LogP contribution in [0.3, 0.4) is 0 Å². The molecule has 0 heterocycles. The molecule has 0 unspecified atom stereocenters. The first-order chi connectivity index (χ1) is 12.8. The van der Waals surface area contributed by atoms with E-state index < -0.39 is 18.5 Å². The van der Waals surface area contributed by atoms with Gasteiger partial charge in [-0.2, -0.15) is 0 Å². The monoisotopic (exact) mass is 387 g/mol. The van der Waals surface area contributed by atoms with E-state index in [-0.39, 0.29) is 18.6 Å². The maximum Gasteiger partial charge on any atom is 0.306 e. The first kappa shape index (κ1) is 20.6. The highest BCUT2D eigenvalue weighted by Crippen LogP contribution is 2.22. The fraction of sp³-hybridized carbons (Fsp3) is 0.286. The lowest BCUT2D eigenvalue weighted by Crippen LogP contribution is -2.21. The fourth-order valence-electron chi connectivity index (χ4n) is 2.40. The predicted molar refractivity (Wildman–Crippen MR) is 105 cm³/mol. The summed E-state index contributed by atoms with van der Waals surface area (Å²) in [6.07, 6.45) is -0.0446. The van der Waals surface area contributed by atoms with Crippen LogP contribution in [0.4, 0.5) is 5.69 Å². The standard InChI is InChI=1S/C21H22ClNO4/c1-13-4-7-18(17(22)10-13)23-20(25)12-27-21(26)9-8-19(24)16-6-5-14(2)15(3)11-16/h4-7,10-11H,8-9,12H2,1-3H3,(H,23,25). The van der Waals surface area contributed by atoms with Gasteiger partial charge in [0.15, 0.2) is 12.4 Å². The van der Waals surface area contributed by atoms with Crippen molar-refractivity contribution in [1.29, 1.82) is 0 Å². The number of ketones is 1. The Balaban J connectivity index is 1.77. The number of nitrogens with one attached hydrogen (secondary N) is 1. The molecule has 0 radical (unpaired) electrons. The Kier molecular flexibility index (Phi) is 7.13. The summed E-state index contributed by atoms with van der Waals surface area (Å²) < 4.78 is 4.92. The van der Waals surface area contributed by atoms with Crippen LogP contribution in [0.15, 0.2) is 36.4 Å². The van der Waals surface area contributed by atoms with E-state index in [0.29, 0.717) is 16.3 Å². The minimum atomic E-state index is -0.600. The molecule has 2 aromatic carbocycles. The Morgan fingerprint density at radius 3 is 2.37 bits per heavy atom. The summed E-state index contributed by atoms with van der Waals surface area (Å²) >= 11 is 6.04. The lowest BCUT2D eigenvalue weighted by Gasteiger charge is -2.09. The molecule has 0 fully saturated rings.